The van der Waals surface area contributed by atoms with Crippen molar-refractivity contribution in [3.8, 4) is 0 Å². The summed E-state index contributed by atoms with van der Waals surface area (Å²) < 4.78 is 13.6. The molecule has 1 unspecified atom stereocenters. The monoisotopic (exact) mass is 272 g/mol. The normalized spacial score (nSPS) is 12.2. The lowest BCUT2D eigenvalue weighted by Gasteiger charge is -2.20. The summed E-state index contributed by atoms with van der Waals surface area (Å²) in [4.78, 5) is 2.04. The molecule has 0 radical (unpaired) electrons. The van der Waals surface area contributed by atoms with Crippen LogP contribution in [0.25, 0.3) is 0 Å². The molecule has 3 heteroatoms. The molecule has 2 nitrogen and oxygen atoms in total. The second-order valence-electron chi connectivity index (χ2n) is 5.30. The SMILES string of the molecule is CC(N)Cc1ccc(N(C)Cc2ccccc2F)cc1. The highest BCUT2D eigenvalue weighted by Gasteiger charge is 2.06. The molecule has 1 atom stereocenters. The zero-order valence-electron chi connectivity index (χ0n) is 12.0. The number of anilines is 1. The van der Waals surface area contributed by atoms with Crippen LogP contribution >= 0.6 is 0 Å². The lowest BCUT2D eigenvalue weighted by molar-refractivity contribution is 0.608. The van der Waals surface area contributed by atoms with Gasteiger partial charge >= 0.3 is 0 Å². The van der Waals surface area contributed by atoms with Gasteiger partial charge in [-0.15, -0.1) is 0 Å². The number of nitrogens with zero attached hydrogens (tertiary/aromatic N) is 1. The van der Waals surface area contributed by atoms with Crippen molar-refractivity contribution in [3.63, 3.8) is 0 Å². The number of benzene rings is 2. The van der Waals surface area contributed by atoms with E-state index in [0.29, 0.717) is 12.1 Å². The quantitative estimate of drug-likeness (QED) is 0.904. The molecule has 0 aromatic heterocycles. The van der Waals surface area contributed by atoms with Gasteiger partial charge in [-0.25, -0.2) is 4.39 Å². The third-order valence-electron chi connectivity index (χ3n) is 3.30. The van der Waals surface area contributed by atoms with E-state index >= 15 is 0 Å². The van der Waals surface area contributed by atoms with Crippen molar-refractivity contribution in [3.05, 3.63) is 65.5 Å². The summed E-state index contributed by atoms with van der Waals surface area (Å²) in [5, 5.41) is 0. The van der Waals surface area contributed by atoms with Gasteiger partial charge in [0.2, 0.25) is 0 Å². The molecule has 0 aliphatic carbocycles. The Balaban J connectivity index is 2.06. The molecular formula is C17H21FN2. The predicted molar refractivity (Wildman–Crippen MR) is 82.3 cm³/mol. The highest BCUT2D eigenvalue weighted by atomic mass is 19.1. The second-order valence-corrected chi connectivity index (χ2v) is 5.30. The van der Waals surface area contributed by atoms with Gasteiger partial charge in [-0.05, 0) is 37.1 Å². The fourth-order valence-corrected chi connectivity index (χ4v) is 2.23. The maximum atomic E-state index is 13.6. The highest BCUT2D eigenvalue weighted by molar-refractivity contribution is 5.47. The van der Waals surface area contributed by atoms with Crippen molar-refractivity contribution in [2.75, 3.05) is 11.9 Å². The zero-order valence-corrected chi connectivity index (χ0v) is 12.0. The molecule has 0 spiro atoms. The molecule has 0 saturated carbocycles. The van der Waals surface area contributed by atoms with Gasteiger partial charge in [-0.2, -0.15) is 0 Å². The van der Waals surface area contributed by atoms with Crippen LogP contribution in [0.5, 0.6) is 0 Å². The second kappa shape index (κ2) is 6.53. The number of halogens is 1. The first-order chi connectivity index (χ1) is 9.56. The molecule has 106 valence electrons. The lowest BCUT2D eigenvalue weighted by atomic mass is 10.1. The number of nitrogens with two attached hydrogens (primary N) is 1. The molecule has 2 N–H and O–H groups in total. The molecule has 0 saturated heterocycles. The predicted octanol–water partition coefficient (Wildman–Crippen LogP) is 3.35. The van der Waals surface area contributed by atoms with Crippen LogP contribution in [0.4, 0.5) is 10.1 Å². The fourth-order valence-electron chi connectivity index (χ4n) is 2.23. The molecule has 0 bridgehead atoms. The van der Waals surface area contributed by atoms with E-state index in [-0.39, 0.29) is 11.9 Å². The van der Waals surface area contributed by atoms with Crippen molar-refractivity contribution in [1.82, 2.24) is 0 Å². The summed E-state index contributed by atoms with van der Waals surface area (Å²) in [6.07, 6.45) is 0.872. The molecule has 0 aliphatic rings. The Morgan fingerprint density at radius 1 is 1.10 bits per heavy atom. The number of rotatable bonds is 5. The minimum absolute atomic E-state index is 0.159. The van der Waals surface area contributed by atoms with Gasteiger partial charge in [0.1, 0.15) is 5.82 Å². The van der Waals surface area contributed by atoms with Crippen LogP contribution in [-0.2, 0) is 13.0 Å². The van der Waals surface area contributed by atoms with Crippen LogP contribution in [0.1, 0.15) is 18.1 Å². The minimum Gasteiger partial charge on any atom is -0.370 e. The first-order valence-electron chi connectivity index (χ1n) is 6.85. The van der Waals surface area contributed by atoms with Gasteiger partial charge < -0.3 is 10.6 Å². The highest BCUT2D eigenvalue weighted by Crippen LogP contribution is 2.18. The van der Waals surface area contributed by atoms with E-state index < -0.39 is 0 Å². The summed E-state index contributed by atoms with van der Waals surface area (Å²) in [5.74, 6) is -0.159. The van der Waals surface area contributed by atoms with E-state index in [0.717, 1.165) is 12.1 Å². The van der Waals surface area contributed by atoms with Gasteiger partial charge in [0, 0.05) is 30.9 Å². The fraction of sp³-hybridized carbons (Fsp3) is 0.294. The van der Waals surface area contributed by atoms with E-state index in [4.69, 9.17) is 5.73 Å². The summed E-state index contributed by atoms with van der Waals surface area (Å²) in [6.45, 7) is 2.55. The first-order valence-corrected chi connectivity index (χ1v) is 6.85. The number of hydrogen-bond acceptors (Lipinski definition) is 2. The van der Waals surface area contributed by atoms with Gasteiger partial charge in [-0.3, -0.25) is 0 Å². The average Bonchev–Trinajstić information content (AvgIpc) is 2.41. The maximum Gasteiger partial charge on any atom is 0.128 e. The Labute approximate surface area is 120 Å². The Kier molecular flexibility index (Phi) is 4.74. The minimum atomic E-state index is -0.159. The molecule has 0 amide bonds. The van der Waals surface area contributed by atoms with Crippen molar-refractivity contribution < 1.29 is 4.39 Å². The summed E-state index contributed by atoms with van der Waals surface area (Å²) in [5.41, 5.74) is 8.79. The van der Waals surface area contributed by atoms with E-state index in [9.17, 15) is 4.39 Å². The van der Waals surface area contributed by atoms with Gasteiger partial charge in [0.05, 0.1) is 0 Å². The van der Waals surface area contributed by atoms with Crippen LogP contribution < -0.4 is 10.6 Å². The summed E-state index contributed by atoms with van der Waals surface area (Å²) in [6, 6.07) is 15.3. The van der Waals surface area contributed by atoms with Crippen molar-refractivity contribution in [2.24, 2.45) is 5.73 Å². The molecular weight excluding hydrogens is 251 g/mol. The van der Waals surface area contributed by atoms with Gasteiger partial charge in [0.15, 0.2) is 0 Å². The summed E-state index contributed by atoms with van der Waals surface area (Å²) in [7, 11) is 1.97. The van der Waals surface area contributed by atoms with Crippen LogP contribution in [0, 0.1) is 5.82 Å². The van der Waals surface area contributed by atoms with Crippen LogP contribution in [0.3, 0.4) is 0 Å². The van der Waals surface area contributed by atoms with Gasteiger partial charge in [-0.1, -0.05) is 30.3 Å². The van der Waals surface area contributed by atoms with E-state index in [1.165, 1.54) is 11.6 Å². The van der Waals surface area contributed by atoms with E-state index in [2.05, 4.69) is 24.3 Å². The smallest absolute Gasteiger partial charge is 0.128 e. The van der Waals surface area contributed by atoms with Crippen LogP contribution in [0.2, 0.25) is 0 Å². The Morgan fingerprint density at radius 2 is 1.75 bits per heavy atom. The third kappa shape index (κ3) is 3.81. The van der Waals surface area contributed by atoms with Crippen molar-refractivity contribution in [2.45, 2.75) is 25.9 Å². The average molecular weight is 272 g/mol. The Hall–Kier alpha value is -1.87. The topological polar surface area (TPSA) is 29.3 Å². The van der Waals surface area contributed by atoms with Crippen LogP contribution in [0.15, 0.2) is 48.5 Å². The summed E-state index contributed by atoms with van der Waals surface area (Å²) >= 11 is 0. The van der Waals surface area contributed by atoms with Gasteiger partial charge in [0.25, 0.3) is 0 Å². The molecule has 2 rings (SSSR count). The maximum absolute atomic E-state index is 13.6. The molecule has 20 heavy (non-hydrogen) atoms. The largest absolute Gasteiger partial charge is 0.370 e. The standard InChI is InChI=1S/C17H21FN2/c1-13(19)11-14-7-9-16(10-8-14)20(2)12-15-5-3-4-6-17(15)18/h3-10,13H,11-12,19H2,1-2H3. The van der Waals surface area contributed by atoms with Crippen molar-refractivity contribution >= 4 is 5.69 Å². The lowest BCUT2D eigenvalue weighted by Crippen LogP contribution is -2.19. The molecule has 0 aliphatic heterocycles. The number of hydrogen-bond donors (Lipinski definition) is 1. The van der Waals surface area contributed by atoms with Crippen molar-refractivity contribution in [1.29, 1.82) is 0 Å². The van der Waals surface area contributed by atoms with E-state index in [1.54, 1.807) is 6.07 Å². The zero-order chi connectivity index (χ0) is 14.5. The van der Waals surface area contributed by atoms with Crippen LogP contribution in [-0.4, -0.2) is 13.1 Å². The molecule has 0 fully saturated rings. The molecule has 2 aromatic carbocycles. The molecule has 0 heterocycles. The first kappa shape index (κ1) is 14.5. The Morgan fingerprint density at radius 3 is 2.35 bits per heavy atom. The molecule has 2 aromatic rings. The third-order valence-corrected chi connectivity index (χ3v) is 3.30. The van der Waals surface area contributed by atoms with E-state index in [1.807, 2.05) is 31.0 Å². The Bertz CT molecular complexity index is 549.